The van der Waals surface area contributed by atoms with Gasteiger partial charge in [-0.2, -0.15) is 0 Å². The summed E-state index contributed by atoms with van der Waals surface area (Å²) < 4.78 is 46.3. The van der Waals surface area contributed by atoms with Crippen molar-refractivity contribution < 1.29 is 17.8 Å². The summed E-state index contributed by atoms with van der Waals surface area (Å²) in [6.07, 6.45) is 6.18. The van der Waals surface area contributed by atoms with E-state index in [2.05, 4.69) is 9.71 Å². The van der Waals surface area contributed by atoms with Gasteiger partial charge in [-0.1, -0.05) is 37.3 Å². The summed E-state index contributed by atoms with van der Waals surface area (Å²) in [4.78, 5) is 20.3. The number of halogens is 2. The van der Waals surface area contributed by atoms with Crippen LogP contribution in [0.25, 0.3) is 0 Å². The van der Waals surface area contributed by atoms with Crippen LogP contribution in [-0.2, 0) is 35.8 Å². The van der Waals surface area contributed by atoms with Crippen molar-refractivity contribution in [1.29, 1.82) is 0 Å². The van der Waals surface area contributed by atoms with Gasteiger partial charge in [-0.15, -0.1) is 0 Å². The van der Waals surface area contributed by atoms with Crippen molar-refractivity contribution in [3.63, 3.8) is 0 Å². The molecule has 3 atom stereocenters. The fraction of sp³-hybridized carbons (Fsp3) is 0.290. The number of amides is 1. The molecule has 0 saturated carbocycles. The number of fused-ring (bicyclic) bond motifs is 1. The van der Waals surface area contributed by atoms with E-state index in [1.165, 1.54) is 18.2 Å². The number of hydrogen-bond acceptors (Lipinski definition) is 3. The second-order valence-corrected chi connectivity index (χ2v) is 11.5. The van der Waals surface area contributed by atoms with Crippen LogP contribution < -0.4 is 9.62 Å². The Balaban J connectivity index is 1.44. The minimum Gasteiger partial charge on any atom is -0.337 e. The van der Waals surface area contributed by atoms with E-state index in [9.17, 15) is 17.8 Å². The fourth-order valence-corrected chi connectivity index (χ4v) is 6.29. The highest BCUT2D eigenvalue weighted by atomic mass is 32.2. The third kappa shape index (κ3) is 6.21. The Kier molecular flexibility index (Phi) is 8.52. The maximum atomic E-state index is 14.5. The van der Waals surface area contributed by atoms with E-state index in [1.807, 2.05) is 42.9 Å². The number of rotatable bonds is 9. The molecule has 4 aromatic rings. The second kappa shape index (κ2) is 12.2. The highest BCUT2D eigenvalue weighted by Gasteiger charge is 2.27. The van der Waals surface area contributed by atoms with Crippen LogP contribution in [0.4, 0.5) is 14.5 Å². The number of nitrogens with zero attached hydrogens (tertiary/aromatic N) is 3. The van der Waals surface area contributed by atoms with Crippen LogP contribution in [0.15, 0.2) is 84.0 Å². The summed E-state index contributed by atoms with van der Waals surface area (Å²) >= 11 is 0. The Morgan fingerprint density at radius 2 is 1.98 bits per heavy atom. The van der Waals surface area contributed by atoms with E-state index in [4.69, 9.17) is 0 Å². The molecule has 1 aliphatic rings. The molecule has 9 heteroatoms. The first-order valence-corrected chi connectivity index (χ1v) is 14.5. The number of aromatic nitrogens is 2. The van der Waals surface area contributed by atoms with Crippen molar-refractivity contribution in [3.8, 4) is 0 Å². The predicted molar refractivity (Wildman–Crippen MR) is 152 cm³/mol. The number of carbonyl (C=O) groups excluding carboxylic acids is 1. The Morgan fingerprint density at radius 3 is 2.73 bits per heavy atom. The summed E-state index contributed by atoms with van der Waals surface area (Å²) in [5, 5.41) is 0. The molecule has 0 fully saturated rings. The molecule has 3 aromatic carbocycles. The van der Waals surface area contributed by atoms with Gasteiger partial charge in [0, 0.05) is 37.6 Å². The fourth-order valence-electron chi connectivity index (χ4n) is 5.23. The van der Waals surface area contributed by atoms with Crippen molar-refractivity contribution in [2.75, 3.05) is 4.90 Å². The third-order valence-electron chi connectivity index (χ3n) is 7.45. The zero-order valence-electron chi connectivity index (χ0n) is 22.5. The molecule has 0 aliphatic heterocycles. The molecule has 0 saturated heterocycles. The average Bonchev–Trinajstić information content (AvgIpc) is 3.35. The molecule has 1 N–H and O–H groups in total. The number of aryl methyl sites for hydroxylation is 2. The quantitative estimate of drug-likeness (QED) is 0.268. The second-order valence-electron chi connectivity index (χ2n) is 10.2. The van der Waals surface area contributed by atoms with Gasteiger partial charge in [0.25, 0.3) is 0 Å². The van der Waals surface area contributed by atoms with Crippen LogP contribution in [-0.4, -0.2) is 19.7 Å². The number of imidazole rings is 1. The lowest BCUT2D eigenvalue weighted by molar-refractivity contribution is -0.119. The molecule has 1 unspecified atom stereocenters. The number of nitrogens with one attached hydrogen (secondary N) is 1. The van der Waals surface area contributed by atoms with Crippen LogP contribution in [0.5, 0.6) is 0 Å². The van der Waals surface area contributed by atoms with E-state index < -0.39 is 16.8 Å². The smallest absolute Gasteiger partial charge is 0.228 e. The van der Waals surface area contributed by atoms with Gasteiger partial charge in [0.15, 0.2) is 0 Å². The molecule has 5 rings (SSSR count). The zero-order chi connectivity index (χ0) is 28.2. The van der Waals surface area contributed by atoms with E-state index >= 15 is 0 Å². The highest BCUT2D eigenvalue weighted by Crippen LogP contribution is 2.35. The Morgan fingerprint density at radius 1 is 1.15 bits per heavy atom. The van der Waals surface area contributed by atoms with E-state index in [1.54, 1.807) is 41.4 Å². The summed E-state index contributed by atoms with van der Waals surface area (Å²) in [5.41, 5.74) is 3.28. The first-order chi connectivity index (χ1) is 19.3. The van der Waals surface area contributed by atoms with Gasteiger partial charge in [-0.05, 0) is 78.3 Å². The maximum Gasteiger partial charge on any atom is 0.228 e. The zero-order valence-corrected chi connectivity index (χ0v) is 23.3. The molecule has 1 aliphatic carbocycles. The van der Waals surface area contributed by atoms with Gasteiger partial charge in [0.1, 0.15) is 28.4 Å². The average molecular weight is 563 g/mol. The van der Waals surface area contributed by atoms with Gasteiger partial charge in [0.2, 0.25) is 5.91 Å². The van der Waals surface area contributed by atoms with Crippen molar-refractivity contribution in [3.05, 3.63) is 113 Å². The molecule has 1 amide bonds. The minimum absolute atomic E-state index is 0.119. The summed E-state index contributed by atoms with van der Waals surface area (Å²) in [6.45, 7) is 2.10. The van der Waals surface area contributed by atoms with Gasteiger partial charge in [-0.3, -0.25) is 4.79 Å². The Hall–Kier alpha value is -3.69. The summed E-state index contributed by atoms with van der Waals surface area (Å²) in [5.74, 6) is -0.522. The predicted octanol–water partition coefficient (Wildman–Crippen LogP) is 6.12. The number of benzene rings is 3. The third-order valence-corrected chi connectivity index (χ3v) is 8.63. The standard InChI is InChI=1S/C31H32F2N4O2S/c1-21(26-10-3-4-11-28(26)33)17-31(38)37(20-30-34-15-16-36(30)2)24-14-13-22-7-5-12-29(27(22)19-24)35-40(39)25-9-6-8-23(32)18-25/h3-4,6,8-11,13-16,18-19,21,29,35H,5,7,12,17,20H2,1-2H3/t21-,29+,40?/m1/s1. The first-order valence-electron chi connectivity index (χ1n) is 13.4. The summed E-state index contributed by atoms with van der Waals surface area (Å²) in [6, 6.07) is 18.0. The lowest BCUT2D eigenvalue weighted by atomic mass is 9.87. The first kappa shape index (κ1) is 27.9. The summed E-state index contributed by atoms with van der Waals surface area (Å²) in [7, 11) is 0.272. The number of anilines is 1. The molecule has 1 aromatic heterocycles. The SMILES string of the molecule is C[C@H](CC(=O)N(Cc1nccn1C)c1ccc2c(c1)[C@@H](NS(=O)c1cccc(F)c1)CCC2)c1ccccc1F. The van der Waals surface area contributed by atoms with E-state index in [0.717, 1.165) is 30.4 Å². The van der Waals surface area contributed by atoms with Crippen LogP contribution in [0.2, 0.25) is 0 Å². The molecule has 208 valence electrons. The highest BCUT2D eigenvalue weighted by molar-refractivity contribution is 7.83. The van der Waals surface area contributed by atoms with Gasteiger partial charge in [-0.25, -0.2) is 22.7 Å². The largest absolute Gasteiger partial charge is 0.337 e. The maximum absolute atomic E-state index is 14.5. The Labute approximate surface area is 235 Å². The van der Waals surface area contributed by atoms with Gasteiger partial charge < -0.3 is 9.47 Å². The normalized spacial score (nSPS) is 16.2. The van der Waals surface area contributed by atoms with Crippen LogP contribution in [0.1, 0.15) is 60.7 Å². The lowest BCUT2D eigenvalue weighted by Gasteiger charge is -2.30. The molecule has 0 radical (unpaired) electrons. The van der Waals surface area contributed by atoms with Crippen molar-refractivity contribution >= 4 is 22.6 Å². The molecule has 0 spiro atoms. The van der Waals surface area contributed by atoms with Crippen molar-refractivity contribution in [2.45, 2.75) is 56.0 Å². The molecule has 40 heavy (non-hydrogen) atoms. The lowest BCUT2D eigenvalue weighted by Crippen LogP contribution is -2.33. The molecule has 1 heterocycles. The van der Waals surface area contributed by atoms with Crippen molar-refractivity contribution in [1.82, 2.24) is 14.3 Å². The number of carbonyl (C=O) groups is 1. The topological polar surface area (TPSA) is 67.2 Å². The van der Waals surface area contributed by atoms with E-state index in [0.29, 0.717) is 22.0 Å². The van der Waals surface area contributed by atoms with Crippen LogP contribution in [0.3, 0.4) is 0 Å². The van der Waals surface area contributed by atoms with Crippen LogP contribution in [0, 0.1) is 11.6 Å². The van der Waals surface area contributed by atoms with Gasteiger partial charge >= 0.3 is 0 Å². The monoisotopic (exact) mass is 562 g/mol. The molecular formula is C31H32F2N4O2S. The molecular weight excluding hydrogens is 530 g/mol. The van der Waals surface area contributed by atoms with Crippen LogP contribution >= 0.6 is 0 Å². The minimum atomic E-state index is -1.60. The van der Waals surface area contributed by atoms with E-state index in [-0.39, 0.29) is 36.6 Å². The molecule has 6 nitrogen and oxygen atoms in total. The number of hydrogen-bond donors (Lipinski definition) is 1. The molecule has 0 bridgehead atoms. The van der Waals surface area contributed by atoms with Crippen molar-refractivity contribution in [2.24, 2.45) is 7.05 Å². The Bertz CT molecular complexity index is 1540. The van der Waals surface area contributed by atoms with Gasteiger partial charge in [0.05, 0.1) is 11.4 Å².